The average molecular weight is 346 g/mol. The van der Waals surface area contributed by atoms with Crippen LogP contribution in [0.2, 0.25) is 0 Å². The molecule has 2 rings (SSSR count). The molecule has 1 heterocycles. The lowest BCUT2D eigenvalue weighted by Crippen LogP contribution is -2.26. The molecule has 0 unspecified atom stereocenters. The van der Waals surface area contributed by atoms with Crippen LogP contribution in [0.25, 0.3) is 10.9 Å². The summed E-state index contributed by atoms with van der Waals surface area (Å²) in [4.78, 5) is 41.1. The van der Waals surface area contributed by atoms with Crippen LogP contribution in [0, 0.1) is 0 Å². The lowest BCUT2D eigenvalue weighted by molar-refractivity contribution is -0.255. The van der Waals surface area contributed by atoms with Crippen LogP contribution in [0.3, 0.4) is 0 Å². The Morgan fingerprint density at radius 2 is 2.12 bits per heavy atom. The number of carbonyl (C=O) groups excluding carboxylic acids is 2. The average Bonchev–Trinajstić information content (AvgIpc) is 2.54. The molecule has 8 heteroatoms. The molecule has 0 aliphatic heterocycles. The van der Waals surface area contributed by atoms with E-state index < -0.39 is 5.97 Å². The van der Waals surface area contributed by atoms with Gasteiger partial charge in [0.15, 0.2) is 5.16 Å². The number of carboxylic acid groups (broad SMARTS) is 1. The second kappa shape index (κ2) is 7.31. The molecule has 126 valence electrons. The molecule has 7 nitrogen and oxygen atoms in total. The lowest BCUT2D eigenvalue weighted by Gasteiger charge is -2.13. The first-order chi connectivity index (χ1) is 11.3. The summed E-state index contributed by atoms with van der Waals surface area (Å²) < 4.78 is 1.40. The van der Waals surface area contributed by atoms with Gasteiger partial charge in [-0.3, -0.25) is 14.2 Å². The zero-order valence-corrected chi connectivity index (χ0v) is 14.1. The standard InChI is InChI=1S/C16H17N3O4S/c1-4-7-19-14(21)11-6-5-10(15(22)23)8-12(11)17-16(19)24-9-13(20)18(2)3/h4-6,8H,1,7,9H2,2-3H3,(H,22,23)/p-1. The predicted molar refractivity (Wildman–Crippen MR) is 89.9 cm³/mol. The summed E-state index contributed by atoms with van der Waals surface area (Å²) >= 11 is 1.12. The lowest BCUT2D eigenvalue weighted by atomic mass is 10.1. The minimum Gasteiger partial charge on any atom is -0.545 e. The van der Waals surface area contributed by atoms with Crippen LogP contribution in [0.5, 0.6) is 0 Å². The maximum absolute atomic E-state index is 12.6. The van der Waals surface area contributed by atoms with Crippen LogP contribution in [0.1, 0.15) is 10.4 Å². The molecule has 1 aromatic carbocycles. The van der Waals surface area contributed by atoms with E-state index in [4.69, 9.17) is 0 Å². The fraction of sp³-hybridized carbons (Fsp3) is 0.250. The molecule has 0 bridgehead atoms. The molecular weight excluding hydrogens is 330 g/mol. The first kappa shape index (κ1) is 17.7. The number of benzene rings is 1. The van der Waals surface area contributed by atoms with Crippen molar-refractivity contribution in [2.45, 2.75) is 11.7 Å². The van der Waals surface area contributed by atoms with Crippen molar-refractivity contribution in [2.24, 2.45) is 0 Å². The highest BCUT2D eigenvalue weighted by Gasteiger charge is 2.14. The number of fused-ring (bicyclic) bond motifs is 1. The number of rotatable bonds is 6. The van der Waals surface area contributed by atoms with Crippen LogP contribution in [0.4, 0.5) is 0 Å². The number of carboxylic acids is 1. The van der Waals surface area contributed by atoms with Crippen molar-refractivity contribution < 1.29 is 14.7 Å². The second-order valence-electron chi connectivity index (χ2n) is 5.20. The summed E-state index contributed by atoms with van der Waals surface area (Å²) in [7, 11) is 3.28. The highest BCUT2D eigenvalue weighted by molar-refractivity contribution is 7.99. The molecule has 1 amide bonds. The molecule has 0 aliphatic carbocycles. The van der Waals surface area contributed by atoms with Gasteiger partial charge in [0.2, 0.25) is 5.91 Å². The number of aromatic carboxylic acids is 1. The van der Waals surface area contributed by atoms with Crippen molar-refractivity contribution in [2.75, 3.05) is 19.8 Å². The van der Waals surface area contributed by atoms with Gasteiger partial charge in [0.1, 0.15) is 0 Å². The van der Waals surface area contributed by atoms with Crippen molar-refractivity contribution in [3.8, 4) is 0 Å². The molecular formula is C16H16N3O4S-. The molecule has 0 aliphatic rings. The van der Waals surface area contributed by atoms with E-state index in [2.05, 4.69) is 11.6 Å². The SMILES string of the molecule is C=CCn1c(SCC(=O)N(C)C)nc2cc(C(=O)[O-])ccc2c1=O. The van der Waals surface area contributed by atoms with Gasteiger partial charge >= 0.3 is 0 Å². The first-order valence-corrected chi connectivity index (χ1v) is 8.03. The van der Waals surface area contributed by atoms with Gasteiger partial charge in [0, 0.05) is 20.6 Å². The van der Waals surface area contributed by atoms with Crippen molar-refractivity contribution in [3.63, 3.8) is 0 Å². The molecule has 0 atom stereocenters. The van der Waals surface area contributed by atoms with E-state index in [1.807, 2.05) is 0 Å². The van der Waals surface area contributed by atoms with E-state index in [9.17, 15) is 19.5 Å². The number of nitrogens with zero attached hydrogens (tertiary/aromatic N) is 3. The van der Waals surface area contributed by atoms with Gasteiger partial charge in [0.25, 0.3) is 5.56 Å². The van der Waals surface area contributed by atoms with Gasteiger partial charge in [-0.1, -0.05) is 23.9 Å². The van der Waals surface area contributed by atoms with E-state index in [0.29, 0.717) is 10.5 Å². The smallest absolute Gasteiger partial charge is 0.262 e. The zero-order valence-electron chi connectivity index (χ0n) is 13.3. The maximum Gasteiger partial charge on any atom is 0.262 e. The minimum atomic E-state index is -1.34. The van der Waals surface area contributed by atoms with Gasteiger partial charge in [-0.2, -0.15) is 0 Å². The van der Waals surface area contributed by atoms with Crippen LogP contribution in [-0.4, -0.2) is 46.2 Å². The number of carbonyl (C=O) groups is 2. The van der Waals surface area contributed by atoms with E-state index in [0.717, 1.165) is 11.8 Å². The summed E-state index contributed by atoms with van der Waals surface area (Å²) in [5.41, 5.74) is -0.123. The third kappa shape index (κ3) is 3.65. The van der Waals surface area contributed by atoms with E-state index in [1.54, 1.807) is 20.2 Å². The third-order valence-corrected chi connectivity index (χ3v) is 4.25. The van der Waals surface area contributed by atoms with Crippen molar-refractivity contribution in [1.82, 2.24) is 14.5 Å². The molecule has 0 saturated heterocycles. The van der Waals surface area contributed by atoms with E-state index >= 15 is 0 Å². The van der Waals surface area contributed by atoms with E-state index in [1.165, 1.54) is 27.7 Å². The minimum absolute atomic E-state index is 0.0591. The summed E-state index contributed by atoms with van der Waals surface area (Å²) in [6.45, 7) is 3.86. The van der Waals surface area contributed by atoms with Crippen LogP contribution in [-0.2, 0) is 11.3 Å². The molecule has 24 heavy (non-hydrogen) atoms. The predicted octanol–water partition coefficient (Wildman–Crippen LogP) is 0.126. The Bertz CT molecular complexity index is 873. The molecule has 2 aromatic rings. The number of amides is 1. The number of thioether (sulfide) groups is 1. The molecule has 0 spiro atoms. The topological polar surface area (TPSA) is 95.3 Å². The number of hydrogen-bond acceptors (Lipinski definition) is 6. The monoisotopic (exact) mass is 346 g/mol. The Hall–Kier alpha value is -2.61. The van der Waals surface area contributed by atoms with Gasteiger partial charge in [-0.25, -0.2) is 4.98 Å². The highest BCUT2D eigenvalue weighted by atomic mass is 32.2. The molecule has 0 radical (unpaired) electrons. The molecule has 0 saturated carbocycles. The largest absolute Gasteiger partial charge is 0.545 e. The molecule has 0 fully saturated rings. The van der Waals surface area contributed by atoms with Gasteiger partial charge in [-0.05, 0) is 17.7 Å². The van der Waals surface area contributed by atoms with E-state index in [-0.39, 0.29) is 34.8 Å². The quantitative estimate of drug-likeness (QED) is 0.419. The maximum atomic E-state index is 12.6. The molecule has 0 N–H and O–H groups in total. The zero-order chi connectivity index (χ0) is 17.9. The number of allylic oxidation sites excluding steroid dienone is 1. The summed E-state index contributed by atoms with van der Waals surface area (Å²) in [6, 6.07) is 4.01. The Morgan fingerprint density at radius 3 is 2.71 bits per heavy atom. The van der Waals surface area contributed by atoms with Crippen molar-refractivity contribution in [1.29, 1.82) is 0 Å². The number of hydrogen-bond donors (Lipinski definition) is 0. The van der Waals surface area contributed by atoms with Crippen LogP contribution in [0.15, 0.2) is 40.8 Å². The van der Waals surface area contributed by atoms with Crippen LogP contribution < -0.4 is 10.7 Å². The Kier molecular flexibility index (Phi) is 5.40. The highest BCUT2D eigenvalue weighted by Crippen LogP contribution is 2.19. The van der Waals surface area contributed by atoms with Crippen LogP contribution >= 0.6 is 11.8 Å². The first-order valence-electron chi connectivity index (χ1n) is 7.05. The van der Waals surface area contributed by atoms with Crippen molar-refractivity contribution >= 4 is 34.5 Å². The van der Waals surface area contributed by atoms with Gasteiger partial charge < -0.3 is 14.8 Å². The fourth-order valence-electron chi connectivity index (χ4n) is 1.98. The van der Waals surface area contributed by atoms with Gasteiger partial charge in [-0.15, -0.1) is 6.58 Å². The Labute approximate surface area is 142 Å². The Balaban J connectivity index is 2.55. The summed E-state index contributed by atoms with van der Waals surface area (Å²) in [5, 5.41) is 11.6. The van der Waals surface area contributed by atoms with Gasteiger partial charge in [0.05, 0.1) is 22.6 Å². The summed E-state index contributed by atoms with van der Waals surface area (Å²) in [6.07, 6.45) is 1.56. The summed E-state index contributed by atoms with van der Waals surface area (Å²) in [5.74, 6) is -1.35. The normalized spacial score (nSPS) is 10.6. The number of aromatic nitrogens is 2. The second-order valence-corrected chi connectivity index (χ2v) is 6.14. The third-order valence-electron chi connectivity index (χ3n) is 3.29. The Morgan fingerprint density at radius 1 is 1.42 bits per heavy atom. The van der Waals surface area contributed by atoms with Crippen molar-refractivity contribution in [3.05, 3.63) is 46.8 Å². The fourth-order valence-corrected chi connectivity index (χ4v) is 2.97. The molecule has 1 aromatic heterocycles.